The number of amides is 1. The molecule has 1 aliphatic heterocycles. The van der Waals surface area contributed by atoms with Gasteiger partial charge in [0, 0.05) is 29.4 Å². The van der Waals surface area contributed by atoms with Gasteiger partial charge in [0.05, 0.1) is 12.7 Å². The zero-order chi connectivity index (χ0) is 17.8. The van der Waals surface area contributed by atoms with E-state index in [2.05, 4.69) is 15.6 Å². The van der Waals surface area contributed by atoms with E-state index < -0.39 is 11.7 Å². The number of anilines is 1. The highest BCUT2D eigenvalue weighted by Gasteiger charge is 2.20. The molecule has 1 fully saturated rings. The topological polar surface area (TPSA) is 87.0 Å². The fourth-order valence-electron chi connectivity index (χ4n) is 2.50. The van der Waals surface area contributed by atoms with Gasteiger partial charge in [0.2, 0.25) is 0 Å². The Kier molecular flexibility index (Phi) is 5.24. The number of rotatable bonds is 3. The van der Waals surface area contributed by atoms with E-state index in [1.54, 1.807) is 12.1 Å². The predicted molar refractivity (Wildman–Crippen MR) is 89.9 cm³/mol. The Hall–Kier alpha value is -2.53. The van der Waals surface area contributed by atoms with Crippen LogP contribution < -0.4 is 10.6 Å². The zero-order valence-corrected chi connectivity index (χ0v) is 13.8. The Morgan fingerprint density at radius 1 is 1.44 bits per heavy atom. The first-order valence-electron chi connectivity index (χ1n) is 7.57. The number of pyridine rings is 1. The largest absolute Gasteiger partial charge is 0.371 e. The fraction of sp³-hybridized carbons (Fsp3) is 0.235. The van der Waals surface area contributed by atoms with E-state index in [1.165, 1.54) is 18.2 Å². The van der Waals surface area contributed by atoms with Gasteiger partial charge < -0.3 is 15.4 Å². The predicted octanol–water partition coefficient (Wildman–Crippen LogP) is 2.66. The van der Waals surface area contributed by atoms with Crippen molar-refractivity contribution < 1.29 is 13.9 Å². The van der Waals surface area contributed by atoms with Crippen molar-refractivity contribution in [1.29, 1.82) is 5.26 Å². The molecular weight excluding hydrogens is 347 g/mol. The molecule has 0 spiro atoms. The number of halogens is 2. The molecule has 2 aromatic rings. The number of benzene rings is 1. The fourth-order valence-corrected chi connectivity index (χ4v) is 2.70. The van der Waals surface area contributed by atoms with Gasteiger partial charge in [0.15, 0.2) is 0 Å². The van der Waals surface area contributed by atoms with Crippen molar-refractivity contribution in [2.45, 2.75) is 6.10 Å². The second kappa shape index (κ2) is 7.57. The van der Waals surface area contributed by atoms with Crippen molar-refractivity contribution in [1.82, 2.24) is 10.3 Å². The summed E-state index contributed by atoms with van der Waals surface area (Å²) in [5.41, 5.74) is 0.711. The number of nitrogens with zero attached hydrogens (tertiary/aromatic N) is 2. The van der Waals surface area contributed by atoms with Crippen molar-refractivity contribution in [3.63, 3.8) is 0 Å². The van der Waals surface area contributed by atoms with Crippen LogP contribution in [0.3, 0.4) is 0 Å². The Balaban J connectivity index is 1.77. The van der Waals surface area contributed by atoms with Gasteiger partial charge in [-0.1, -0.05) is 17.7 Å². The number of carbonyl (C=O) groups excluding carboxylic acids is 1. The molecule has 1 atom stereocenters. The van der Waals surface area contributed by atoms with Crippen LogP contribution in [0.5, 0.6) is 0 Å². The summed E-state index contributed by atoms with van der Waals surface area (Å²) in [6, 6.07) is 8.90. The van der Waals surface area contributed by atoms with E-state index in [0.717, 1.165) is 6.54 Å². The van der Waals surface area contributed by atoms with Gasteiger partial charge in [0.1, 0.15) is 23.3 Å². The first-order valence-corrected chi connectivity index (χ1v) is 7.95. The maximum atomic E-state index is 14.3. The molecule has 25 heavy (non-hydrogen) atoms. The van der Waals surface area contributed by atoms with Crippen molar-refractivity contribution >= 4 is 23.2 Å². The van der Waals surface area contributed by atoms with Crippen molar-refractivity contribution in [2.24, 2.45) is 0 Å². The Morgan fingerprint density at radius 2 is 2.28 bits per heavy atom. The number of ether oxygens (including phenoxy) is 1. The van der Waals surface area contributed by atoms with Crippen LogP contribution in [-0.2, 0) is 4.74 Å². The average molecular weight is 361 g/mol. The zero-order valence-electron chi connectivity index (χ0n) is 13.1. The van der Waals surface area contributed by atoms with E-state index in [9.17, 15) is 9.18 Å². The smallest absolute Gasteiger partial charge is 0.274 e. The molecule has 2 heterocycles. The molecule has 1 aromatic carbocycles. The molecule has 0 aliphatic carbocycles. The maximum Gasteiger partial charge on any atom is 0.274 e. The summed E-state index contributed by atoms with van der Waals surface area (Å²) in [7, 11) is 0. The second-order valence-electron chi connectivity index (χ2n) is 5.42. The van der Waals surface area contributed by atoms with Gasteiger partial charge >= 0.3 is 0 Å². The lowest BCUT2D eigenvalue weighted by Gasteiger charge is -2.24. The van der Waals surface area contributed by atoms with Crippen LogP contribution in [0.2, 0.25) is 5.02 Å². The van der Waals surface area contributed by atoms with E-state index in [0.29, 0.717) is 18.7 Å². The standard InChI is InChI=1S/C17H14ClFN4O2/c18-10-5-12(8-20)22-15(6-10)17(24)23-11-1-2-13(14(19)7-11)16-9-21-3-4-25-16/h1-2,5-7,16,21H,3-4,9H2,(H,23,24)/t16-/m1/s1. The van der Waals surface area contributed by atoms with Crippen molar-refractivity contribution in [3.8, 4) is 6.07 Å². The van der Waals surface area contributed by atoms with E-state index in [1.807, 2.05) is 6.07 Å². The van der Waals surface area contributed by atoms with Crippen LogP contribution in [0, 0.1) is 17.1 Å². The summed E-state index contributed by atoms with van der Waals surface area (Å²) in [6.45, 7) is 1.79. The number of carbonyl (C=O) groups is 1. The number of nitriles is 1. The molecule has 128 valence electrons. The van der Waals surface area contributed by atoms with Crippen LogP contribution in [-0.4, -0.2) is 30.6 Å². The Morgan fingerprint density at radius 3 is 2.96 bits per heavy atom. The van der Waals surface area contributed by atoms with Crippen LogP contribution >= 0.6 is 11.6 Å². The number of nitrogens with one attached hydrogen (secondary N) is 2. The lowest BCUT2D eigenvalue weighted by Crippen LogP contribution is -2.33. The van der Waals surface area contributed by atoms with Crippen molar-refractivity contribution in [3.05, 3.63) is 58.1 Å². The first-order chi connectivity index (χ1) is 12.1. The molecule has 0 unspecified atom stereocenters. The minimum Gasteiger partial charge on any atom is -0.371 e. The molecule has 2 N–H and O–H groups in total. The third-order valence-electron chi connectivity index (χ3n) is 3.67. The Bertz CT molecular complexity index is 847. The quantitative estimate of drug-likeness (QED) is 0.878. The average Bonchev–Trinajstić information content (AvgIpc) is 2.62. The lowest BCUT2D eigenvalue weighted by molar-refractivity contribution is 0.0255. The molecule has 3 rings (SSSR count). The second-order valence-corrected chi connectivity index (χ2v) is 5.86. The molecule has 1 amide bonds. The van der Waals surface area contributed by atoms with E-state index in [-0.39, 0.29) is 28.2 Å². The third-order valence-corrected chi connectivity index (χ3v) is 3.89. The minimum absolute atomic E-state index is 0.0200. The number of aromatic nitrogens is 1. The van der Waals surface area contributed by atoms with E-state index >= 15 is 0 Å². The molecular formula is C17H14ClFN4O2. The maximum absolute atomic E-state index is 14.3. The number of hydrogen-bond acceptors (Lipinski definition) is 5. The molecule has 6 nitrogen and oxygen atoms in total. The van der Waals surface area contributed by atoms with Crippen molar-refractivity contribution in [2.75, 3.05) is 25.0 Å². The monoisotopic (exact) mass is 360 g/mol. The van der Waals surface area contributed by atoms with Gasteiger partial charge in [-0.25, -0.2) is 9.37 Å². The molecule has 1 aliphatic rings. The third kappa shape index (κ3) is 4.12. The summed E-state index contributed by atoms with van der Waals surface area (Å²) in [6.07, 6.45) is -0.355. The van der Waals surface area contributed by atoms with E-state index in [4.69, 9.17) is 21.6 Å². The van der Waals surface area contributed by atoms with Crippen LogP contribution in [0.1, 0.15) is 27.8 Å². The van der Waals surface area contributed by atoms with Crippen LogP contribution in [0.4, 0.5) is 10.1 Å². The first kappa shape index (κ1) is 17.3. The lowest BCUT2D eigenvalue weighted by atomic mass is 10.1. The summed E-state index contributed by atoms with van der Waals surface area (Å²) in [5, 5.41) is 14.8. The molecule has 1 aromatic heterocycles. The highest BCUT2D eigenvalue weighted by molar-refractivity contribution is 6.31. The summed E-state index contributed by atoms with van der Waals surface area (Å²) >= 11 is 5.86. The highest BCUT2D eigenvalue weighted by Crippen LogP contribution is 2.24. The van der Waals surface area contributed by atoms with Crippen LogP contribution in [0.15, 0.2) is 30.3 Å². The summed E-state index contributed by atoms with van der Waals surface area (Å²) in [5.74, 6) is -1.05. The number of morpholine rings is 1. The summed E-state index contributed by atoms with van der Waals surface area (Å²) < 4.78 is 19.9. The van der Waals surface area contributed by atoms with Gasteiger partial charge in [-0.3, -0.25) is 4.79 Å². The SMILES string of the molecule is N#Cc1cc(Cl)cc(C(=O)Nc2ccc([C@H]3CNCCO3)c(F)c2)n1. The molecule has 1 saturated heterocycles. The highest BCUT2D eigenvalue weighted by atomic mass is 35.5. The van der Waals surface area contributed by atoms with Gasteiger partial charge in [0.25, 0.3) is 5.91 Å². The van der Waals surface area contributed by atoms with Gasteiger partial charge in [-0.2, -0.15) is 5.26 Å². The van der Waals surface area contributed by atoms with Gasteiger partial charge in [-0.15, -0.1) is 0 Å². The minimum atomic E-state index is -0.582. The normalized spacial score (nSPS) is 16.9. The van der Waals surface area contributed by atoms with Gasteiger partial charge in [-0.05, 0) is 24.3 Å². The summed E-state index contributed by atoms with van der Waals surface area (Å²) in [4.78, 5) is 16.1. The molecule has 0 saturated carbocycles. The number of hydrogen-bond donors (Lipinski definition) is 2. The Labute approximate surface area is 148 Å². The molecule has 8 heteroatoms. The van der Waals surface area contributed by atoms with Crippen LogP contribution in [0.25, 0.3) is 0 Å². The molecule has 0 bridgehead atoms. The molecule has 0 radical (unpaired) electrons.